The highest BCUT2D eigenvalue weighted by molar-refractivity contribution is 7.89. The lowest BCUT2D eigenvalue weighted by atomic mass is 10.1. The standard InChI is InChI=1S/C14H19N3O3S/c1-10-6-12(9-18)7-13(11(10)2)21(19,20)16-8-14-15-4-5-17(14)3/h4-7,16,18H,8-9H2,1-3H3. The van der Waals surface area contributed by atoms with Gasteiger partial charge in [-0.25, -0.2) is 18.1 Å². The van der Waals surface area contributed by atoms with Gasteiger partial charge in [0.2, 0.25) is 10.0 Å². The van der Waals surface area contributed by atoms with Crippen LogP contribution in [0.3, 0.4) is 0 Å². The van der Waals surface area contributed by atoms with E-state index in [1.54, 1.807) is 37.0 Å². The molecule has 0 unspecified atom stereocenters. The molecular weight excluding hydrogens is 290 g/mol. The van der Waals surface area contributed by atoms with Crippen molar-refractivity contribution in [3.05, 3.63) is 47.0 Å². The van der Waals surface area contributed by atoms with Crippen molar-refractivity contribution in [2.45, 2.75) is 31.9 Å². The number of benzene rings is 1. The molecule has 1 aromatic heterocycles. The quantitative estimate of drug-likeness (QED) is 0.863. The third-order valence-corrected chi connectivity index (χ3v) is 5.02. The first-order chi connectivity index (χ1) is 9.85. The van der Waals surface area contributed by atoms with Gasteiger partial charge in [0.1, 0.15) is 5.82 Å². The molecule has 2 aromatic rings. The van der Waals surface area contributed by atoms with Crippen LogP contribution in [0.25, 0.3) is 0 Å². The normalized spacial score (nSPS) is 11.8. The zero-order chi connectivity index (χ0) is 15.6. The Labute approximate surface area is 124 Å². The summed E-state index contributed by atoms with van der Waals surface area (Å²) in [6.45, 7) is 3.51. The van der Waals surface area contributed by atoms with Crippen LogP contribution in [0, 0.1) is 13.8 Å². The summed E-state index contributed by atoms with van der Waals surface area (Å²) in [6.07, 6.45) is 3.37. The van der Waals surface area contributed by atoms with Crippen LogP contribution in [0.1, 0.15) is 22.5 Å². The van der Waals surface area contributed by atoms with E-state index in [0.717, 1.165) is 5.56 Å². The van der Waals surface area contributed by atoms with Gasteiger partial charge in [-0.05, 0) is 36.6 Å². The predicted octanol–water partition coefficient (Wildman–Crippen LogP) is 1.01. The van der Waals surface area contributed by atoms with Gasteiger partial charge < -0.3 is 9.67 Å². The third-order valence-electron chi connectivity index (χ3n) is 3.49. The fourth-order valence-corrected chi connectivity index (χ4v) is 3.42. The molecule has 0 aliphatic carbocycles. The maximum absolute atomic E-state index is 12.5. The average Bonchev–Trinajstić information content (AvgIpc) is 2.84. The monoisotopic (exact) mass is 309 g/mol. The highest BCUT2D eigenvalue weighted by atomic mass is 32.2. The zero-order valence-electron chi connectivity index (χ0n) is 12.3. The first kappa shape index (κ1) is 15.7. The van der Waals surface area contributed by atoms with Crippen molar-refractivity contribution in [2.75, 3.05) is 0 Å². The van der Waals surface area contributed by atoms with Crippen molar-refractivity contribution in [3.63, 3.8) is 0 Å². The predicted molar refractivity (Wildman–Crippen MR) is 79.1 cm³/mol. The van der Waals surface area contributed by atoms with Gasteiger partial charge >= 0.3 is 0 Å². The van der Waals surface area contributed by atoms with Crippen LogP contribution in [-0.2, 0) is 30.2 Å². The molecule has 0 radical (unpaired) electrons. The number of nitrogens with one attached hydrogen (secondary N) is 1. The minimum absolute atomic E-state index is 0.119. The number of imidazole rings is 1. The van der Waals surface area contributed by atoms with E-state index >= 15 is 0 Å². The van der Waals surface area contributed by atoms with Gasteiger partial charge in [0, 0.05) is 19.4 Å². The lowest BCUT2D eigenvalue weighted by molar-refractivity contribution is 0.281. The van der Waals surface area contributed by atoms with Crippen LogP contribution in [0.2, 0.25) is 0 Å². The molecule has 0 aliphatic rings. The Balaban J connectivity index is 2.31. The minimum atomic E-state index is -3.65. The van der Waals surface area contributed by atoms with Crippen molar-refractivity contribution >= 4 is 10.0 Å². The number of aryl methyl sites for hydroxylation is 2. The van der Waals surface area contributed by atoms with Crippen LogP contribution in [0.15, 0.2) is 29.4 Å². The fourth-order valence-electron chi connectivity index (χ4n) is 2.07. The summed E-state index contributed by atoms with van der Waals surface area (Å²) in [5, 5.41) is 9.23. The Morgan fingerprint density at radius 1 is 1.33 bits per heavy atom. The number of aromatic nitrogens is 2. The number of hydrogen-bond acceptors (Lipinski definition) is 4. The molecule has 1 aromatic carbocycles. The number of nitrogens with zero attached hydrogens (tertiary/aromatic N) is 2. The van der Waals surface area contributed by atoms with E-state index in [1.807, 2.05) is 6.92 Å². The molecule has 0 spiro atoms. The first-order valence-electron chi connectivity index (χ1n) is 6.52. The van der Waals surface area contributed by atoms with E-state index in [1.165, 1.54) is 6.07 Å². The largest absolute Gasteiger partial charge is 0.392 e. The second-order valence-corrected chi connectivity index (χ2v) is 6.71. The summed E-state index contributed by atoms with van der Waals surface area (Å²) in [7, 11) is -1.85. The van der Waals surface area contributed by atoms with Gasteiger partial charge in [-0.1, -0.05) is 6.07 Å². The van der Waals surface area contributed by atoms with Crippen molar-refractivity contribution in [1.29, 1.82) is 0 Å². The summed E-state index contributed by atoms with van der Waals surface area (Å²) in [5.41, 5.74) is 2.09. The number of hydrogen-bond donors (Lipinski definition) is 2. The molecule has 1 heterocycles. The summed E-state index contributed by atoms with van der Waals surface area (Å²) in [6, 6.07) is 3.29. The molecule has 114 valence electrons. The molecule has 0 saturated carbocycles. The van der Waals surface area contributed by atoms with E-state index in [4.69, 9.17) is 0 Å². The van der Waals surface area contributed by atoms with Crippen molar-refractivity contribution < 1.29 is 13.5 Å². The molecule has 7 heteroatoms. The molecule has 0 bridgehead atoms. The zero-order valence-corrected chi connectivity index (χ0v) is 13.1. The summed E-state index contributed by atoms with van der Waals surface area (Å²) in [5.74, 6) is 0.631. The SMILES string of the molecule is Cc1cc(CO)cc(S(=O)(=O)NCc2nccn2C)c1C. The lowest BCUT2D eigenvalue weighted by Crippen LogP contribution is -2.25. The molecule has 0 amide bonds. The van der Waals surface area contributed by atoms with E-state index in [-0.39, 0.29) is 18.0 Å². The number of aliphatic hydroxyl groups is 1. The Morgan fingerprint density at radius 2 is 2.05 bits per heavy atom. The van der Waals surface area contributed by atoms with E-state index < -0.39 is 10.0 Å². The Kier molecular flexibility index (Phi) is 4.46. The molecule has 2 N–H and O–H groups in total. The van der Waals surface area contributed by atoms with Crippen molar-refractivity contribution in [1.82, 2.24) is 14.3 Å². The van der Waals surface area contributed by atoms with Gasteiger partial charge in [-0.2, -0.15) is 0 Å². The highest BCUT2D eigenvalue weighted by Crippen LogP contribution is 2.21. The van der Waals surface area contributed by atoms with E-state index in [9.17, 15) is 13.5 Å². The molecular formula is C14H19N3O3S. The maximum atomic E-state index is 12.5. The summed E-state index contributed by atoms with van der Waals surface area (Å²) >= 11 is 0. The fraction of sp³-hybridized carbons (Fsp3) is 0.357. The molecule has 0 fully saturated rings. The van der Waals surface area contributed by atoms with Crippen LogP contribution < -0.4 is 4.72 Å². The van der Waals surface area contributed by atoms with Gasteiger partial charge in [0.15, 0.2) is 0 Å². The Bertz CT molecular complexity index is 751. The van der Waals surface area contributed by atoms with Crippen molar-refractivity contribution in [3.8, 4) is 0 Å². The Morgan fingerprint density at radius 3 is 2.62 bits per heavy atom. The maximum Gasteiger partial charge on any atom is 0.241 e. The number of sulfonamides is 1. The molecule has 0 aliphatic heterocycles. The van der Waals surface area contributed by atoms with E-state index in [0.29, 0.717) is 17.0 Å². The lowest BCUT2D eigenvalue weighted by Gasteiger charge is -2.13. The Hall–Kier alpha value is -1.70. The van der Waals surface area contributed by atoms with Gasteiger partial charge in [-0.15, -0.1) is 0 Å². The van der Waals surface area contributed by atoms with Crippen LogP contribution in [-0.4, -0.2) is 23.1 Å². The highest BCUT2D eigenvalue weighted by Gasteiger charge is 2.19. The molecule has 0 atom stereocenters. The third kappa shape index (κ3) is 3.31. The minimum Gasteiger partial charge on any atom is -0.392 e. The van der Waals surface area contributed by atoms with Crippen LogP contribution in [0.5, 0.6) is 0 Å². The van der Waals surface area contributed by atoms with Crippen LogP contribution >= 0.6 is 0 Å². The first-order valence-corrected chi connectivity index (χ1v) is 8.00. The van der Waals surface area contributed by atoms with Gasteiger partial charge in [-0.3, -0.25) is 0 Å². The smallest absolute Gasteiger partial charge is 0.241 e. The number of aliphatic hydroxyl groups excluding tert-OH is 1. The average molecular weight is 309 g/mol. The van der Waals surface area contributed by atoms with Gasteiger partial charge in [0.05, 0.1) is 18.0 Å². The molecule has 6 nitrogen and oxygen atoms in total. The van der Waals surface area contributed by atoms with E-state index in [2.05, 4.69) is 9.71 Å². The van der Waals surface area contributed by atoms with Gasteiger partial charge in [0.25, 0.3) is 0 Å². The van der Waals surface area contributed by atoms with Crippen molar-refractivity contribution in [2.24, 2.45) is 7.05 Å². The molecule has 2 rings (SSSR count). The second kappa shape index (κ2) is 5.97. The second-order valence-electron chi connectivity index (χ2n) is 4.97. The van der Waals surface area contributed by atoms with Crippen LogP contribution in [0.4, 0.5) is 0 Å². The summed E-state index contributed by atoms with van der Waals surface area (Å²) < 4.78 is 29.2. The topological polar surface area (TPSA) is 84.2 Å². The molecule has 0 saturated heterocycles. The molecule has 21 heavy (non-hydrogen) atoms. The number of rotatable bonds is 5. The summed E-state index contributed by atoms with van der Waals surface area (Å²) in [4.78, 5) is 4.28.